The number of aliphatic carboxylic acids is 1. The molecule has 1 atom stereocenters. The first-order chi connectivity index (χ1) is 18.5. The van der Waals surface area contributed by atoms with Gasteiger partial charge < -0.3 is 19.8 Å². The van der Waals surface area contributed by atoms with Gasteiger partial charge in [-0.15, -0.1) is 0 Å². The van der Waals surface area contributed by atoms with Crippen molar-refractivity contribution >= 4 is 17.9 Å². The fourth-order valence-electron chi connectivity index (χ4n) is 5.02. The van der Waals surface area contributed by atoms with Gasteiger partial charge in [0.15, 0.2) is 0 Å². The second-order valence-electron chi connectivity index (χ2n) is 11.0. The second kappa shape index (κ2) is 11.8. The van der Waals surface area contributed by atoms with Gasteiger partial charge in [0.05, 0.1) is 19.2 Å². The monoisotopic (exact) mass is 532 g/mol. The summed E-state index contributed by atoms with van der Waals surface area (Å²) >= 11 is 0. The van der Waals surface area contributed by atoms with Gasteiger partial charge >= 0.3 is 12.1 Å². The number of rotatable bonds is 8. The van der Waals surface area contributed by atoms with Crippen molar-refractivity contribution in [2.45, 2.75) is 64.9 Å². The van der Waals surface area contributed by atoms with Crippen LogP contribution in [0.5, 0.6) is 5.75 Å². The number of carbonyl (C=O) groups excluding carboxylic acids is 1. The number of aryl methyl sites for hydroxylation is 1. The van der Waals surface area contributed by atoms with E-state index in [2.05, 4.69) is 18.2 Å². The first kappa shape index (κ1) is 28.0. The number of nitrogens with zero attached hydrogens (tertiary/aromatic N) is 2. The predicted molar refractivity (Wildman–Crippen MR) is 148 cm³/mol. The molecule has 1 heterocycles. The highest BCUT2D eigenvalue weighted by Gasteiger charge is 2.31. The second-order valence-corrected chi connectivity index (χ2v) is 11.0. The molecule has 206 valence electrons. The Bertz CT molecular complexity index is 1350. The van der Waals surface area contributed by atoms with E-state index in [0.717, 1.165) is 33.6 Å². The Labute approximate surface area is 229 Å². The number of benzene rings is 2. The van der Waals surface area contributed by atoms with Crippen LogP contribution < -0.4 is 14.4 Å². The van der Waals surface area contributed by atoms with E-state index >= 15 is 0 Å². The molecule has 8 nitrogen and oxygen atoms in total. The molecule has 1 aliphatic rings. The average molecular weight is 533 g/mol. The van der Waals surface area contributed by atoms with Crippen LogP contribution >= 0.6 is 0 Å². The molecule has 1 aromatic heterocycles. The number of hydrogen-bond acceptors (Lipinski definition) is 5. The number of carbonyl (C=O) groups is 2. The number of fused-ring (bicyclic) bond motifs is 2. The number of aromatic nitrogens is 1. The van der Waals surface area contributed by atoms with Gasteiger partial charge in [0.25, 0.3) is 5.82 Å². The quantitative estimate of drug-likeness (QED) is 0.232. The maximum Gasteiger partial charge on any atom is 0.507 e. The van der Waals surface area contributed by atoms with E-state index < -0.39 is 17.7 Å². The molecule has 0 bridgehead atoms. The van der Waals surface area contributed by atoms with Gasteiger partial charge in [0, 0.05) is 12.5 Å². The predicted octanol–water partition coefficient (Wildman–Crippen LogP) is 5.54. The lowest BCUT2D eigenvalue weighted by atomic mass is 9.88. The summed E-state index contributed by atoms with van der Waals surface area (Å²) in [4.78, 5) is 25.8. The van der Waals surface area contributed by atoms with Gasteiger partial charge in [-0.1, -0.05) is 36.4 Å². The molecule has 0 spiro atoms. The van der Waals surface area contributed by atoms with Crippen LogP contribution in [0.1, 0.15) is 67.3 Å². The van der Waals surface area contributed by atoms with Crippen molar-refractivity contribution in [3.8, 4) is 5.75 Å². The normalized spacial score (nSPS) is 14.5. The van der Waals surface area contributed by atoms with E-state index in [9.17, 15) is 19.9 Å². The lowest BCUT2D eigenvalue weighted by Crippen LogP contribution is -2.44. The number of pyridine rings is 1. The molecule has 0 saturated carbocycles. The minimum atomic E-state index is -0.798. The highest BCUT2D eigenvalue weighted by Crippen LogP contribution is 2.36. The van der Waals surface area contributed by atoms with Crippen LogP contribution in [-0.4, -0.2) is 35.9 Å². The molecule has 4 rings (SSSR count). The number of carboxylic acid groups (broad SMARTS) is 1. The molecule has 8 heteroatoms. The Hall–Kier alpha value is -4.07. The zero-order chi connectivity index (χ0) is 28.2. The van der Waals surface area contributed by atoms with Crippen LogP contribution in [0.25, 0.3) is 0 Å². The first-order valence-corrected chi connectivity index (χ1v) is 13.3. The number of amides is 1. The Kier molecular flexibility index (Phi) is 8.43. The average Bonchev–Trinajstić information content (AvgIpc) is 2.99. The molecule has 1 N–H and O–H groups in total. The van der Waals surface area contributed by atoms with Crippen molar-refractivity contribution in [3.63, 3.8) is 0 Å². The SMILES string of the molecule is Cc1cc2c(cc1OCCCN(C(=O)OC(C)(C)C)c1cccc[n+]1[O-])Cc1ccccc1C(CC(=O)O)C2. The maximum atomic E-state index is 12.9. The first-order valence-electron chi connectivity index (χ1n) is 13.3. The summed E-state index contributed by atoms with van der Waals surface area (Å²) in [5.41, 5.74) is 4.77. The smallest absolute Gasteiger partial charge is 0.507 e. The molecular formula is C31H36N2O6. The van der Waals surface area contributed by atoms with Crippen molar-refractivity contribution in [1.29, 1.82) is 0 Å². The minimum Gasteiger partial charge on any atom is -0.711 e. The van der Waals surface area contributed by atoms with E-state index in [1.165, 1.54) is 11.1 Å². The molecular weight excluding hydrogens is 496 g/mol. The third-order valence-electron chi connectivity index (χ3n) is 6.74. The molecule has 2 aromatic carbocycles. The third-order valence-corrected chi connectivity index (χ3v) is 6.74. The van der Waals surface area contributed by atoms with Crippen molar-refractivity contribution < 1.29 is 28.9 Å². The van der Waals surface area contributed by atoms with E-state index in [0.29, 0.717) is 30.6 Å². The Morgan fingerprint density at radius 2 is 1.82 bits per heavy atom. The largest absolute Gasteiger partial charge is 0.711 e. The van der Waals surface area contributed by atoms with Crippen LogP contribution in [0, 0.1) is 12.1 Å². The Morgan fingerprint density at radius 1 is 1.08 bits per heavy atom. The maximum absolute atomic E-state index is 12.9. The van der Waals surface area contributed by atoms with Gasteiger partial charge in [0.1, 0.15) is 17.9 Å². The van der Waals surface area contributed by atoms with Gasteiger partial charge in [-0.3, -0.25) is 4.79 Å². The van der Waals surface area contributed by atoms with Gasteiger partial charge in [-0.25, -0.2) is 4.73 Å². The molecule has 1 amide bonds. The highest BCUT2D eigenvalue weighted by atomic mass is 16.6. The Morgan fingerprint density at radius 3 is 2.54 bits per heavy atom. The van der Waals surface area contributed by atoms with Crippen LogP contribution in [0.2, 0.25) is 0 Å². The summed E-state index contributed by atoms with van der Waals surface area (Å²) in [6.45, 7) is 7.92. The molecule has 0 aliphatic heterocycles. The molecule has 1 aliphatic carbocycles. The van der Waals surface area contributed by atoms with E-state index in [1.807, 2.05) is 25.1 Å². The summed E-state index contributed by atoms with van der Waals surface area (Å²) in [7, 11) is 0. The number of ether oxygens (including phenoxy) is 2. The van der Waals surface area contributed by atoms with E-state index in [-0.39, 0.29) is 24.7 Å². The standard InChI is InChI=1S/C31H36N2O6/c1-21-16-23-18-25(20-29(34)35)26-11-6-5-10-22(26)17-24(23)19-27(21)38-15-9-13-32(30(36)39-31(2,3)4)28-12-7-8-14-33(28)37/h5-8,10-12,14,16,19,25H,9,13,15,17-18,20H2,1-4H3,(H,34,35). The highest BCUT2D eigenvalue weighted by molar-refractivity contribution is 5.85. The Balaban J connectivity index is 1.48. The molecule has 3 aromatic rings. The van der Waals surface area contributed by atoms with E-state index in [1.54, 1.807) is 39.0 Å². The molecule has 0 fully saturated rings. The molecule has 0 saturated heterocycles. The van der Waals surface area contributed by atoms with Crippen molar-refractivity contribution in [3.05, 3.63) is 93.8 Å². The topological polar surface area (TPSA) is 103 Å². The summed E-state index contributed by atoms with van der Waals surface area (Å²) in [6, 6.07) is 17.1. The number of hydrogen-bond donors (Lipinski definition) is 1. The summed E-state index contributed by atoms with van der Waals surface area (Å²) in [6.07, 6.45) is 2.70. The summed E-state index contributed by atoms with van der Waals surface area (Å²) in [5.74, 6) is 0.0768. The third kappa shape index (κ3) is 7.07. The lowest BCUT2D eigenvalue weighted by molar-refractivity contribution is -0.591. The fourth-order valence-corrected chi connectivity index (χ4v) is 5.02. The van der Waals surface area contributed by atoms with Gasteiger partial charge in [-0.2, -0.15) is 9.69 Å². The fraction of sp³-hybridized carbons (Fsp3) is 0.387. The van der Waals surface area contributed by atoms with Gasteiger partial charge in [0.2, 0.25) is 0 Å². The van der Waals surface area contributed by atoms with Crippen molar-refractivity contribution in [1.82, 2.24) is 0 Å². The van der Waals surface area contributed by atoms with Gasteiger partial charge in [-0.05, 0) is 86.4 Å². The van der Waals surface area contributed by atoms with Crippen molar-refractivity contribution in [2.24, 2.45) is 0 Å². The number of carboxylic acids is 1. The van der Waals surface area contributed by atoms with Crippen LogP contribution in [0.3, 0.4) is 0 Å². The summed E-state index contributed by atoms with van der Waals surface area (Å²) < 4.78 is 12.3. The van der Waals surface area contributed by atoms with Crippen molar-refractivity contribution in [2.75, 3.05) is 18.1 Å². The van der Waals surface area contributed by atoms with Crippen LogP contribution in [0.4, 0.5) is 10.6 Å². The molecule has 39 heavy (non-hydrogen) atoms. The zero-order valence-corrected chi connectivity index (χ0v) is 23.0. The minimum absolute atomic E-state index is 0.0771. The van der Waals surface area contributed by atoms with Crippen LogP contribution in [-0.2, 0) is 22.4 Å². The lowest BCUT2D eigenvalue weighted by Gasteiger charge is -2.24. The summed E-state index contributed by atoms with van der Waals surface area (Å²) in [5, 5.41) is 21.9. The molecule has 1 unspecified atom stereocenters. The molecule has 0 radical (unpaired) electrons. The zero-order valence-electron chi connectivity index (χ0n) is 23.0. The van der Waals surface area contributed by atoms with Crippen LogP contribution in [0.15, 0.2) is 60.8 Å². The number of anilines is 1. The van der Waals surface area contributed by atoms with E-state index in [4.69, 9.17) is 9.47 Å².